The van der Waals surface area contributed by atoms with E-state index < -0.39 is 4.92 Å². The van der Waals surface area contributed by atoms with Gasteiger partial charge >= 0.3 is 0 Å². The number of anilines is 1. The molecule has 82 valence electrons. The Morgan fingerprint density at radius 3 is 2.50 bits per heavy atom. The summed E-state index contributed by atoms with van der Waals surface area (Å²) in [6.45, 7) is 0. The molecule has 0 aliphatic carbocycles. The van der Waals surface area contributed by atoms with E-state index in [1.54, 1.807) is 29.1 Å². The number of nitro benzene ring substituents is 1. The van der Waals surface area contributed by atoms with Crippen LogP contribution in [0.4, 0.5) is 11.4 Å². The first-order chi connectivity index (χ1) is 7.59. The molecule has 0 spiro atoms. The molecule has 0 saturated heterocycles. The monoisotopic (exact) mass is 237 g/mol. The van der Waals surface area contributed by atoms with E-state index in [4.69, 9.17) is 17.3 Å². The van der Waals surface area contributed by atoms with Gasteiger partial charge in [-0.15, -0.1) is 0 Å². The van der Waals surface area contributed by atoms with Crippen LogP contribution in [0.25, 0.3) is 5.69 Å². The molecule has 2 N–H and O–H groups in total. The number of nitrogen functional groups attached to an aromatic ring is 1. The topological polar surface area (TPSA) is 74.1 Å². The second-order valence-electron chi connectivity index (χ2n) is 3.21. The molecule has 0 amide bonds. The van der Waals surface area contributed by atoms with E-state index in [2.05, 4.69) is 0 Å². The van der Waals surface area contributed by atoms with Crippen molar-refractivity contribution >= 4 is 23.0 Å². The summed E-state index contributed by atoms with van der Waals surface area (Å²) in [5, 5.41) is 11.1. The smallest absolute Gasteiger partial charge is 0.294 e. The third-order valence-electron chi connectivity index (χ3n) is 2.18. The van der Waals surface area contributed by atoms with Crippen LogP contribution >= 0.6 is 11.6 Å². The lowest BCUT2D eigenvalue weighted by Gasteiger charge is -2.06. The molecular formula is C10H8ClN3O2. The fourth-order valence-corrected chi connectivity index (χ4v) is 1.69. The normalized spacial score (nSPS) is 10.3. The summed E-state index contributed by atoms with van der Waals surface area (Å²) in [5.74, 6) is 0. The highest BCUT2D eigenvalue weighted by atomic mass is 35.5. The molecule has 2 aromatic rings. The average molecular weight is 238 g/mol. The molecule has 0 bridgehead atoms. The van der Waals surface area contributed by atoms with E-state index in [0.29, 0.717) is 10.7 Å². The SMILES string of the molecule is Nc1cc(Cl)c(-n2cccc2)cc1[N+](=O)[O-]. The minimum Gasteiger partial charge on any atom is -0.393 e. The molecule has 0 aliphatic heterocycles. The highest BCUT2D eigenvalue weighted by Crippen LogP contribution is 2.31. The molecule has 0 fully saturated rings. The van der Waals surface area contributed by atoms with Crippen molar-refractivity contribution in [3.05, 3.63) is 51.8 Å². The van der Waals surface area contributed by atoms with Gasteiger partial charge in [0.1, 0.15) is 5.69 Å². The minimum atomic E-state index is -0.529. The molecule has 1 heterocycles. The molecule has 6 heteroatoms. The van der Waals surface area contributed by atoms with E-state index in [0.717, 1.165) is 0 Å². The Morgan fingerprint density at radius 1 is 1.31 bits per heavy atom. The average Bonchev–Trinajstić information content (AvgIpc) is 2.70. The number of nitrogens with zero attached hydrogens (tertiary/aromatic N) is 2. The van der Waals surface area contributed by atoms with Gasteiger partial charge in [0, 0.05) is 18.5 Å². The quantitative estimate of drug-likeness (QED) is 0.496. The van der Waals surface area contributed by atoms with Gasteiger partial charge in [0.05, 0.1) is 15.6 Å². The molecule has 16 heavy (non-hydrogen) atoms. The Kier molecular flexibility index (Phi) is 2.54. The van der Waals surface area contributed by atoms with Crippen molar-refractivity contribution in [2.45, 2.75) is 0 Å². The van der Waals surface area contributed by atoms with E-state index in [1.807, 2.05) is 0 Å². The fraction of sp³-hybridized carbons (Fsp3) is 0. The number of rotatable bonds is 2. The summed E-state index contributed by atoms with van der Waals surface area (Å²) in [6, 6.07) is 6.35. The van der Waals surface area contributed by atoms with E-state index in [-0.39, 0.29) is 11.4 Å². The van der Waals surface area contributed by atoms with Crippen LogP contribution in [-0.2, 0) is 0 Å². The van der Waals surface area contributed by atoms with Crippen molar-refractivity contribution < 1.29 is 4.92 Å². The third-order valence-corrected chi connectivity index (χ3v) is 2.48. The molecule has 0 atom stereocenters. The van der Waals surface area contributed by atoms with Crippen molar-refractivity contribution in [1.82, 2.24) is 4.57 Å². The van der Waals surface area contributed by atoms with Gasteiger partial charge in [-0.1, -0.05) is 11.6 Å². The van der Waals surface area contributed by atoms with Crippen LogP contribution in [0.3, 0.4) is 0 Å². The highest BCUT2D eigenvalue weighted by molar-refractivity contribution is 6.32. The van der Waals surface area contributed by atoms with Gasteiger partial charge in [-0.3, -0.25) is 10.1 Å². The number of benzene rings is 1. The molecule has 0 unspecified atom stereocenters. The molecule has 0 aliphatic rings. The molecule has 5 nitrogen and oxygen atoms in total. The maximum absolute atomic E-state index is 10.7. The van der Waals surface area contributed by atoms with Crippen LogP contribution in [0, 0.1) is 10.1 Å². The van der Waals surface area contributed by atoms with E-state index >= 15 is 0 Å². The molecule has 2 rings (SSSR count). The lowest BCUT2D eigenvalue weighted by atomic mass is 10.2. The number of nitro groups is 1. The number of hydrogen-bond donors (Lipinski definition) is 1. The Balaban J connectivity index is 2.63. The van der Waals surface area contributed by atoms with Crippen molar-refractivity contribution in [1.29, 1.82) is 0 Å². The maximum atomic E-state index is 10.7. The van der Waals surface area contributed by atoms with Crippen molar-refractivity contribution in [2.24, 2.45) is 0 Å². The van der Waals surface area contributed by atoms with Crippen molar-refractivity contribution in [3.8, 4) is 5.69 Å². The molecule has 1 aromatic carbocycles. The molecule has 1 aromatic heterocycles. The van der Waals surface area contributed by atoms with Gasteiger partial charge in [0.2, 0.25) is 0 Å². The van der Waals surface area contributed by atoms with Crippen LogP contribution in [0.2, 0.25) is 5.02 Å². The minimum absolute atomic E-state index is 0.0610. The Labute approximate surface area is 96.2 Å². The largest absolute Gasteiger partial charge is 0.393 e. The zero-order valence-electron chi connectivity index (χ0n) is 8.13. The van der Waals surface area contributed by atoms with Crippen LogP contribution in [0.15, 0.2) is 36.7 Å². The zero-order chi connectivity index (χ0) is 11.7. The van der Waals surface area contributed by atoms with Gasteiger partial charge in [-0.05, 0) is 18.2 Å². The van der Waals surface area contributed by atoms with Crippen LogP contribution in [-0.4, -0.2) is 9.49 Å². The maximum Gasteiger partial charge on any atom is 0.294 e. The summed E-state index contributed by atoms with van der Waals surface area (Å²) >= 11 is 5.97. The summed E-state index contributed by atoms with van der Waals surface area (Å²) in [6.07, 6.45) is 3.50. The first kappa shape index (κ1) is 10.5. The second-order valence-corrected chi connectivity index (χ2v) is 3.62. The number of aromatic nitrogens is 1. The summed E-state index contributed by atoms with van der Waals surface area (Å²) in [7, 11) is 0. The molecular weight excluding hydrogens is 230 g/mol. The number of nitrogens with two attached hydrogens (primary N) is 1. The van der Waals surface area contributed by atoms with Gasteiger partial charge in [0.15, 0.2) is 0 Å². The Bertz CT molecular complexity index is 537. The summed E-state index contributed by atoms with van der Waals surface area (Å²) in [5.41, 5.74) is 5.96. The van der Waals surface area contributed by atoms with Gasteiger partial charge in [0.25, 0.3) is 5.69 Å². The third kappa shape index (κ3) is 1.72. The van der Waals surface area contributed by atoms with Crippen molar-refractivity contribution in [2.75, 3.05) is 5.73 Å². The first-order valence-electron chi connectivity index (χ1n) is 4.46. The van der Waals surface area contributed by atoms with Crippen LogP contribution in [0.5, 0.6) is 0 Å². The molecule has 0 radical (unpaired) electrons. The standard InChI is InChI=1S/C10H8ClN3O2/c11-7-5-8(12)10(14(15)16)6-9(7)13-3-1-2-4-13/h1-6H,12H2. The van der Waals surface area contributed by atoms with Crippen molar-refractivity contribution in [3.63, 3.8) is 0 Å². The Morgan fingerprint density at radius 2 is 1.94 bits per heavy atom. The number of halogens is 1. The first-order valence-corrected chi connectivity index (χ1v) is 4.84. The second kappa shape index (κ2) is 3.86. The lowest BCUT2D eigenvalue weighted by molar-refractivity contribution is -0.383. The zero-order valence-corrected chi connectivity index (χ0v) is 8.89. The summed E-state index contributed by atoms with van der Waals surface area (Å²) in [4.78, 5) is 10.2. The summed E-state index contributed by atoms with van der Waals surface area (Å²) < 4.78 is 1.69. The predicted octanol–water partition coefficient (Wildman–Crippen LogP) is 2.62. The van der Waals surface area contributed by atoms with E-state index in [1.165, 1.54) is 12.1 Å². The predicted molar refractivity (Wildman–Crippen MR) is 61.8 cm³/mol. The molecule has 0 saturated carbocycles. The fourth-order valence-electron chi connectivity index (χ4n) is 1.42. The highest BCUT2D eigenvalue weighted by Gasteiger charge is 2.15. The van der Waals surface area contributed by atoms with Gasteiger partial charge < -0.3 is 10.3 Å². The van der Waals surface area contributed by atoms with E-state index in [9.17, 15) is 10.1 Å². The Hall–Kier alpha value is -2.01. The van der Waals surface area contributed by atoms with Crippen LogP contribution in [0.1, 0.15) is 0 Å². The number of hydrogen-bond acceptors (Lipinski definition) is 3. The lowest BCUT2D eigenvalue weighted by Crippen LogP contribution is -1.99. The van der Waals surface area contributed by atoms with Gasteiger partial charge in [-0.2, -0.15) is 0 Å². The van der Waals surface area contributed by atoms with Gasteiger partial charge in [-0.25, -0.2) is 0 Å². The van der Waals surface area contributed by atoms with Crippen LogP contribution < -0.4 is 5.73 Å².